The van der Waals surface area contributed by atoms with Crippen LogP contribution in [0.3, 0.4) is 0 Å². The molecule has 13 heavy (non-hydrogen) atoms. The van der Waals surface area contributed by atoms with E-state index in [2.05, 4.69) is 20.8 Å². The number of carbonyl (C=O) groups excluding carboxylic acids is 1. The number of Topliss-reactive ketones (excluding diaryl/α,β-unsaturated/α-hetero) is 1. The summed E-state index contributed by atoms with van der Waals surface area (Å²) in [7, 11) is 0. The summed E-state index contributed by atoms with van der Waals surface area (Å²) in [5.74, 6) is 1.13. The van der Waals surface area contributed by atoms with Crippen LogP contribution in [0.2, 0.25) is 0 Å². The molecule has 0 aliphatic heterocycles. The van der Waals surface area contributed by atoms with Gasteiger partial charge in [-0.25, -0.2) is 0 Å². The summed E-state index contributed by atoms with van der Waals surface area (Å²) in [6.45, 7) is 6.54. The van der Waals surface area contributed by atoms with Gasteiger partial charge in [0.05, 0.1) is 0 Å². The Morgan fingerprint density at radius 3 is 2.31 bits per heavy atom. The van der Waals surface area contributed by atoms with Crippen LogP contribution in [0.4, 0.5) is 0 Å². The van der Waals surface area contributed by atoms with Crippen LogP contribution >= 0.6 is 0 Å². The van der Waals surface area contributed by atoms with Gasteiger partial charge in [0.25, 0.3) is 0 Å². The van der Waals surface area contributed by atoms with Crippen LogP contribution in [0.25, 0.3) is 0 Å². The first kappa shape index (κ1) is 12.7. The minimum atomic E-state index is 0.463. The summed E-state index contributed by atoms with van der Waals surface area (Å²) < 4.78 is 0. The Bertz CT molecular complexity index is 127. The standard InChI is InChI=1S/C12H24O/c1-4-5-6-7-8-12(13)10-9-11(2)3/h11H,4-10H2,1-3H3. The minimum Gasteiger partial charge on any atom is -0.300 e. The Kier molecular flexibility index (Phi) is 8.07. The van der Waals surface area contributed by atoms with E-state index < -0.39 is 0 Å². The van der Waals surface area contributed by atoms with E-state index >= 15 is 0 Å². The molecule has 0 fully saturated rings. The Labute approximate surface area is 82.9 Å². The lowest BCUT2D eigenvalue weighted by Crippen LogP contribution is -2.00. The topological polar surface area (TPSA) is 17.1 Å². The SMILES string of the molecule is CCCCCCC(=O)CCC(C)C. The molecule has 0 amide bonds. The molecule has 0 atom stereocenters. The summed E-state index contributed by atoms with van der Waals surface area (Å²) in [5.41, 5.74) is 0. The molecule has 0 aromatic heterocycles. The van der Waals surface area contributed by atoms with Crippen molar-refractivity contribution in [3.8, 4) is 0 Å². The van der Waals surface area contributed by atoms with Gasteiger partial charge in [0.1, 0.15) is 5.78 Å². The average Bonchev–Trinajstić information content (AvgIpc) is 2.09. The van der Waals surface area contributed by atoms with Crippen LogP contribution in [0.1, 0.15) is 65.7 Å². The van der Waals surface area contributed by atoms with Crippen molar-refractivity contribution in [3.63, 3.8) is 0 Å². The zero-order valence-corrected chi connectivity index (χ0v) is 9.44. The fraction of sp³-hybridized carbons (Fsp3) is 0.917. The second kappa shape index (κ2) is 8.28. The highest BCUT2D eigenvalue weighted by atomic mass is 16.1. The van der Waals surface area contributed by atoms with Crippen molar-refractivity contribution in [1.29, 1.82) is 0 Å². The van der Waals surface area contributed by atoms with Gasteiger partial charge in [-0.1, -0.05) is 40.0 Å². The van der Waals surface area contributed by atoms with Crippen LogP contribution in [0, 0.1) is 5.92 Å². The van der Waals surface area contributed by atoms with Gasteiger partial charge in [-0.2, -0.15) is 0 Å². The van der Waals surface area contributed by atoms with E-state index in [1.165, 1.54) is 19.3 Å². The van der Waals surface area contributed by atoms with Gasteiger partial charge in [-0.05, 0) is 18.8 Å². The number of carbonyl (C=O) groups is 1. The molecular formula is C12H24O. The van der Waals surface area contributed by atoms with E-state index in [9.17, 15) is 4.79 Å². The molecule has 0 aliphatic carbocycles. The first-order chi connectivity index (χ1) is 6.16. The Morgan fingerprint density at radius 2 is 1.77 bits per heavy atom. The molecule has 0 saturated carbocycles. The number of unbranched alkanes of at least 4 members (excludes halogenated alkanes) is 3. The summed E-state index contributed by atoms with van der Waals surface area (Å²) >= 11 is 0. The van der Waals surface area contributed by atoms with Gasteiger partial charge in [0.15, 0.2) is 0 Å². The molecule has 0 bridgehead atoms. The lowest BCUT2D eigenvalue weighted by atomic mass is 10.0. The lowest BCUT2D eigenvalue weighted by Gasteiger charge is -2.03. The third-order valence-electron chi connectivity index (χ3n) is 2.31. The average molecular weight is 184 g/mol. The van der Waals surface area contributed by atoms with Crippen LogP contribution in [0.15, 0.2) is 0 Å². The van der Waals surface area contributed by atoms with Crippen molar-refractivity contribution < 1.29 is 4.79 Å². The maximum atomic E-state index is 11.3. The molecular weight excluding hydrogens is 160 g/mol. The van der Waals surface area contributed by atoms with Crippen molar-refractivity contribution in [1.82, 2.24) is 0 Å². The molecule has 1 nitrogen and oxygen atoms in total. The molecule has 0 N–H and O–H groups in total. The van der Waals surface area contributed by atoms with Crippen molar-refractivity contribution in [3.05, 3.63) is 0 Å². The third kappa shape index (κ3) is 9.59. The molecule has 1 heteroatoms. The van der Waals surface area contributed by atoms with E-state index in [-0.39, 0.29) is 0 Å². The van der Waals surface area contributed by atoms with Gasteiger partial charge < -0.3 is 0 Å². The first-order valence-corrected chi connectivity index (χ1v) is 5.68. The molecule has 0 radical (unpaired) electrons. The third-order valence-corrected chi connectivity index (χ3v) is 2.31. The number of hydrogen-bond donors (Lipinski definition) is 0. The van der Waals surface area contributed by atoms with Gasteiger partial charge >= 0.3 is 0 Å². The predicted octanol–water partition coefficient (Wildman–Crippen LogP) is 3.96. The summed E-state index contributed by atoms with van der Waals surface area (Å²) in [6.07, 6.45) is 7.52. The molecule has 0 saturated heterocycles. The van der Waals surface area contributed by atoms with Crippen molar-refractivity contribution >= 4 is 5.78 Å². The fourth-order valence-corrected chi connectivity index (χ4v) is 1.32. The van der Waals surface area contributed by atoms with E-state index in [1.807, 2.05) is 0 Å². The summed E-state index contributed by atoms with van der Waals surface area (Å²) in [4.78, 5) is 11.3. The van der Waals surface area contributed by atoms with E-state index in [0.29, 0.717) is 11.7 Å². The van der Waals surface area contributed by atoms with Crippen molar-refractivity contribution in [2.75, 3.05) is 0 Å². The maximum absolute atomic E-state index is 11.3. The summed E-state index contributed by atoms with van der Waals surface area (Å²) in [5, 5.41) is 0. The van der Waals surface area contributed by atoms with Gasteiger partial charge in [-0.15, -0.1) is 0 Å². The van der Waals surface area contributed by atoms with Gasteiger partial charge in [-0.3, -0.25) is 4.79 Å². The van der Waals surface area contributed by atoms with Crippen molar-refractivity contribution in [2.45, 2.75) is 65.7 Å². The number of rotatable bonds is 8. The van der Waals surface area contributed by atoms with Gasteiger partial charge in [0, 0.05) is 12.8 Å². The fourth-order valence-electron chi connectivity index (χ4n) is 1.32. The Hall–Kier alpha value is -0.330. The quantitative estimate of drug-likeness (QED) is 0.522. The largest absolute Gasteiger partial charge is 0.300 e. The maximum Gasteiger partial charge on any atom is 0.132 e. The van der Waals surface area contributed by atoms with E-state index in [1.54, 1.807) is 0 Å². The molecule has 0 heterocycles. The molecule has 0 aliphatic rings. The second-order valence-electron chi connectivity index (χ2n) is 4.28. The van der Waals surface area contributed by atoms with Crippen LogP contribution < -0.4 is 0 Å². The zero-order chi connectivity index (χ0) is 10.1. The number of ketones is 1. The van der Waals surface area contributed by atoms with Crippen LogP contribution in [0.5, 0.6) is 0 Å². The molecule has 0 unspecified atom stereocenters. The Balaban J connectivity index is 3.20. The van der Waals surface area contributed by atoms with Crippen LogP contribution in [-0.2, 0) is 4.79 Å². The first-order valence-electron chi connectivity index (χ1n) is 5.68. The number of hydrogen-bond acceptors (Lipinski definition) is 1. The predicted molar refractivity (Wildman–Crippen MR) is 57.8 cm³/mol. The molecule has 0 aromatic rings. The monoisotopic (exact) mass is 184 g/mol. The highest BCUT2D eigenvalue weighted by Gasteiger charge is 2.02. The highest BCUT2D eigenvalue weighted by molar-refractivity contribution is 5.78. The highest BCUT2D eigenvalue weighted by Crippen LogP contribution is 2.09. The molecule has 78 valence electrons. The summed E-state index contributed by atoms with van der Waals surface area (Å²) in [6, 6.07) is 0. The van der Waals surface area contributed by atoms with Gasteiger partial charge in [0.2, 0.25) is 0 Å². The van der Waals surface area contributed by atoms with Crippen LogP contribution in [-0.4, -0.2) is 5.78 Å². The molecule has 0 rings (SSSR count). The van der Waals surface area contributed by atoms with E-state index in [0.717, 1.165) is 25.7 Å². The van der Waals surface area contributed by atoms with Crippen molar-refractivity contribution in [2.24, 2.45) is 5.92 Å². The lowest BCUT2D eigenvalue weighted by molar-refractivity contribution is -0.119. The molecule has 0 spiro atoms. The normalized spacial score (nSPS) is 10.8. The second-order valence-corrected chi connectivity index (χ2v) is 4.28. The van der Waals surface area contributed by atoms with E-state index in [4.69, 9.17) is 0 Å². The molecule has 0 aromatic carbocycles. The minimum absolute atomic E-state index is 0.463. The zero-order valence-electron chi connectivity index (χ0n) is 9.44. The Morgan fingerprint density at radius 1 is 1.08 bits per heavy atom. The smallest absolute Gasteiger partial charge is 0.132 e.